The molecule has 1 fully saturated rings. The number of rotatable bonds is 3. The predicted molar refractivity (Wildman–Crippen MR) is 78.8 cm³/mol. The highest BCUT2D eigenvalue weighted by atomic mass is 32.2. The van der Waals surface area contributed by atoms with Crippen LogP contribution in [0.1, 0.15) is 17.3 Å². The minimum absolute atomic E-state index is 0.0560. The number of amides is 1. The summed E-state index contributed by atoms with van der Waals surface area (Å²) in [5, 5.41) is 0. The topological polar surface area (TPSA) is 84.0 Å². The van der Waals surface area contributed by atoms with Crippen LogP contribution in [0.15, 0.2) is 29.2 Å². The Labute approximate surface area is 129 Å². The monoisotopic (exact) mass is 326 g/mol. The number of methoxy groups -OCH3 is 1. The van der Waals surface area contributed by atoms with Crippen LogP contribution in [0.4, 0.5) is 0 Å². The second-order valence-corrected chi connectivity index (χ2v) is 6.86. The molecule has 1 aromatic rings. The van der Waals surface area contributed by atoms with E-state index >= 15 is 0 Å². The van der Waals surface area contributed by atoms with Crippen molar-refractivity contribution in [2.24, 2.45) is 0 Å². The summed E-state index contributed by atoms with van der Waals surface area (Å²) in [6.45, 7) is 2.76. The van der Waals surface area contributed by atoms with Crippen LogP contribution in [0.3, 0.4) is 0 Å². The van der Waals surface area contributed by atoms with Crippen molar-refractivity contribution in [3.05, 3.63) is 29.8 Å². The Morgan fingerprint density at radius 3 is 2.05 bits per heavy atom. The Kier molecular flexibility index (Phi) is 4.82. The fourth-order valence-corrected chi connectivity index (χ4v) is 3.70. The van der Waals surface area contributed by atoms with E-state index in [9.17, 15) is 18.0 Å². The first-order valence-corrected chi connectivity index (χ1v) is 8.24. The molecule has 0 unspecified atom stereocenters. The van der Waals surface area contributed by atoms with Gasteiger partial charge >= 0.3 is 5.97 Å². The number of benzene rings is 1. The van der Waals surface area contributed by atoms with Crippen LogP contribution in [0.2, 0.25) is 0 Å². The number of carbonyl (C=O) groups is 2. The summed E-state index contributed by atoms with van der Waals surface area (Å²) in [6, 6.07) is 5.62. The summed E-state index contributed by atoms with van der Waals surface area (Å²) in [4.78, 5) is 24.4. The summed E-state index contributed by atoms with van der Waals surface area (Å²) in [7, 11) is -2.35. The molecule has 1 aliphatic heterocycles. The van der Waals surface area contributed by atoms with Gasteiger partial charge in [0.15, 0.2) is 0 Å². The number of piperazine rings is 1. The number of ether oxygens (including phenoxy) is 1. The Balaban J connectivity index is 2.14. The summed E-state index contributed by atoms with van der Waals surface area (Å²) in [6.07, 6.45) is 0. The third kappa shape index (κ3) is 3.28. The van der Waals surface area contributed by atoms with E-state index in [1.807, 2.05) is 0 Å². The normalized spacial score (nSPS) is 16.4. The zero-order chi connectivity index (χ0) is 16.3. The Morgan fingerprint density at radius 1 is 1.05 bits per heavy atom. The van der Waals surface area contributed by atoms with E-state index in [0.29, 0.717) is 18.7 Å². The molecule has 0 aromatic heterocycles. The minimum Gasteiger partial charge on any atom is -0.465 e. The molecule has 1 aromatic carbocycles. The first-order valence-electron chi connectivity index (χ1n) is 6.80. The highest BCUT2D eigenvalue weighted by molar-refractivity contribution is 7.89. The maximum atomic E-state index is 12.5. The zero-order valence-electron chi connectivity index (χ0n) is 12.5. The largest absolute Gasteiger partial charge is 0.465 e. The van der Waals surface area contributed by atoms with E-state index in [-0.39, 0.29) is 23.9 Å². The van der Waals surface area contributed by atoms with Crippen molar-refractivity contribution in [3.63, 3.8) is 0 Å². The van der Waals surface area contributed by atoms with Crippen molar-refractivity contribution >= 4 is 21.9 Å². The fraction of sp³-hybridized carbons (Fsp3) is 0.429. The molecule has 0 bridgehead atoms. The van der Waals surface area contributed by atoms with Gasteiger partial charge < -0.3 is 9.64 Å². The molecular formula is C14H18N2O5S. The van der Waals surface area contributed by atoms with E-state index in [1.165, 1.54) is 42.6 Å². The standard InChI is InChI=1S/C14H18N2O5S/c1-11(17)15-7-9-16(10-8-15)22(19,20)13-5-3-12(4-6-13)14(18)21-2/h3-6H,7-10H2,1-2H3. The van der Waals surface area contributed by atoms with E-state index in [4.69, 9.17) is 0 Å². The van der Waals surface area contributed by atoms with Crippen LogP contribution in [-0.2, 0) is 19.6 Å². The summed E-state index contributed by atoms with van der Waals surface area (Å²) in [5.74, 6) is -0.571. The maximum absolute atomic E-state index is 12.5. The Hall–Kier alpha value is -1.93. The van der Waals surface area contributed by atoms with Gasteiger partial charge in [0.25, 0.3) is 0 Å². The molecule has 120 valence electrons. The van der Waals surface area contributed by atoms with Crippen LogP contribution in [-0.4, -0.2) is 62.8 Å². The van der Waals surface area contributed by atoms with Gasteiger partial charge in [0.2, 0.25) is 15.9 Å². The molecule has 1 aliphatic rings. The molecule has 0 radical (unpaired) electrons. The van der Waals surface area contributed by atoms with Gasteiger partial charge in [-0.15, -0.1) is 0 Å². The molecule has 2 rings (SSSR count). The summed E-state index contributed by atoms with van der Waals surface area (Å²) >= 11 is 0. The van der Waals surface area contributed by atoms with Crippen molar-refractivity contribution in [1.82, 2.24) is 9.21 Å². The molecular weight excluding hydrogens is 308 g/mol. The van der Waals surface area contributed by atoms with Gasteiger partial charge in [0.1, 0.15) is 0 Å². The van der Waals surface area contributed by atoms with Crippen LogP contribution >= 0.6 is 0 Å². The van der Waals surface area contributed by atoms with Crippen LogP contribution < -0.4 is 0 Å². The van der Waals surface area contributed by atoms with Gasteiger partial charge in [-0.1, -0.05) is 0 Å². The van der Waals surface area contributed by atoms with Gasteiger partial charge in [-0.3, -0.25) is 4.79 Å². The smallest absolute Gasteiger partial charge is 0.337 e. The third-order valence-electron chi connectivity index (χ3n) is 3.60. The quantitative estimate of drug-likeness (QED) is 0.747. The Bertz CT molecular complexity index is 661. The molecule has 0 N–H and O–H groups in total. The Morgan fingerprint density at radius 2 is 1.59 bits per heavy atom. The van der Waals surface area contributed by atoms with Crippen LogP contribution in [0.5, 0.6) is 0 Å². The number of hydrogen-bond acceptors (Lipinski definition) is 5. The zero-order valence-corrected chi connectivity index (χ0v) is 13.3. The average molecular weight is 326 g/mol. The van der Waals surface area contributed by atoms with Gasteiger partial charge in [0.05, 0.1) is 17.6 Å². The molecule has 0 atom stereocenters. The predicted octanol–water partition coefficient (Wildman–Crippen LogP) is 0.326. The number of hydrogen-bond donors (Lipinski definition) is 0. The second kappa shape index (κ2) is 6.45. The lowest BCUT2D eigenvalue weighted by Crippen LogP contribution is -2.49. The maximum Gasteiger partial charge on any atom is 0.337 e. The molecule has 8 heteroatoms. The van der Waals surface area contributed by atoms with Gasteiger partial charge in [0, 0.05) is 33.1 Å². The molecule has 0 spiro atoms. The highest BCUT2D eigenvalue weighted by Crippen LogP contribution is 2.18. The van der Waals surface area contributed by atoms with Crippen molar-refractivity contribution in [2.45, 2.75) is 11.8 Å². The van der Waals surface area contributed by atoms with Crippen molar-refractivity contribution in [2.75, 3.05) is 33.3 Å². The van der Waals surface area contributed by atoms with Crippen molar-refractivity contribution in [3.8, 4) is 0 Å². The SMILES string of the molecule is COC(=O)c1ccc(S(=O)(=O)N2CCN(C(C)=O)CC2)cc1. The first-order chi connectivity index (χ1) is 10.4. The molecule has 1 saturated heterocycles. The lowest BCUT2D eigenvalue weighted by Gasteiger charge is -2.33. The first kappa shape index (κ1) is 16.4. The highest BCUT2D eigenvalue weighted by Gasteiger charge is 2.29. The minimum atomic E-state index is -3.62. The molecule has 22 heavy (non-hydrogen) atoms. The fourth-order valence-electron chi connectivity index (χ4n) is 2.27. The van der Waals surface area contributed by atoms with Gasteiger partial charge in [-0.05, 0) is 24.3 Å². The van der Waals surface area contributed by atoms with Crippen LogP contribution in [0, 0.1) is 0 Å². The number of esters is 1. The van der Waals surface area contributed by atoms with Gasteiger partial charge in [-0.25, -0.2) is 13.2 Å². The number of nitrogens with zero attached hydrogens (tertiary/aromatic N) is 2. The summed E-state index contributed by atoms with van der Waals surface area (Å²) in [5.41, 5.74) is 0.294. The van der Waals surface area contributed by atoms with Crippen molar-refractivity contribution < 1.29 is 22.7 Å². The molecule has 0 saturated carbocycles. The van der Waals surface area contributed by atoms with E-state index in [2.05, 4.69) is 4.74 Å². The lowest BCUT2D eigenvalue weighted by molar-refractivity contribution is -0.129. The molecule has 1 amide bonds. The van der Waals surface area contributed by atoms with Crippen LogP contribution in [0.25, 0.3) is 0 Å². The molecule has 1 heterocycles. The summed E-state index contributed by atoms with van der Waals surface area (Å²) < 4.78 is 31.0. The molecule has 0 aliphatic carbocycles. The van der Waals surface area contributed by atoms with E-state index in [1.54, 1.807) is 4.90 Å². The average Bonchev–Trinajstić information content (AvgIpc) is 2.54. The van der Waals surface area contributed by atoms with E-state index < -0.39 is 16.0 Å². The van der Waals surface area contributed by atoms with Gasteiger partial charge in [-0.2, -0.15) is 4.31 Å². The number of sulfonamides is 1. The number of carbonyl (C=O) groups excluding carboxylic acids is 2. The lowest BCUT2D eigenvalue weighted by atomic mass is 10.2. The van der Waals surface area contributed by atoms with E-state index in [0.717, 1.165) is 0 Å². The third-order valence-corrected chi connectivity index (χ3v) is 5.51. The molecule has 7 nitrogen and oxygen atoms in total. The second-order valence-electron chi connectivity index (χ2n) is 4.93. The van der Waals surface area contributed by atoms with Crippen molar-refractivity contribution in [1.29, 1.82) is 0 Å².